The van der Waals surface area contributed by atoms with Gasteiger partial charge in [-0.05, 0) is 29.9 Å². The van der Waals surface area contributed by atoms with E-state index in [2.05, 4.69) is 19.2 Å². The first-order valence-corrected chi connectivity index (χ1v) is 8.60. The van der Waals surface area contributed by atoms with Gasteiger partial charge >= 0.3 is 0 Å². The first kappa shape index (κ1) is 13.1. The minimum absolute atomic E-state index is 0.0394. The molecular weight excluding hydrogens is 258 g/mol. The summed E-state index contributed by atoms with van der Waals surface area (Å²) in [5, 5.41) is 3.54. The largest absolute Gasteiger partial charge is 0.313 e. The van der Waals surface area contributed by atoms with Crippen LogP contribution in [0.25, 0.3) is 0 Å². The lowest BCUT2D eigenvalue weighted by atomic mass is 9.76. The van der Waals surface area contributed by atoms with E-state index in [1.807, 2.05) is 18.2 Å². The van der Waals surface area contributed by atoms with Crippen LogP contribution in [0.5, 0.6) is 0 Å². The maximum Gasteiger partial charge on any atom is 0.179 e. The van der Waals surface area contributed by atoms with E-state index in [-0.39, 0.29) is 17.1 Å². The van der Waals surface area contributed by atoms with E-state index >= 15 is 0 Å². The van der Waals surface area contributed by atoms with E-state index in [1.54, 1.807) is 6.07 Å². The van der Waals surface area contributed by atoms with E-state index < -0.39 is 9.84 Å². The Bertz CT molecular complexity index is 588. The molecule has 3 rings (SSSR count). The Labute approximate surface area is 115 Å². The first-order chi connectivity index (χ1) is 8.90. The quantitative estimate of drug-likeness (QED) is 0.920. The van der Waals surface area contributed by atoms with Crippen molar-refractivity contribution in [1.82, 2.24) is 5.32 Å². The van der Waals surface area contributed by atoms with Crippen molar-refractivity contribution in [3.05, 3.63) is 29.8 Å². The number of nitrogens with one attached hydrogen (secondary N) is 1. The fraction of sp³-hybridized carbons (Fsp3) is 0.600. The van der Waals surface area contributed by atoms with Crippen molar-refractivity contribution >= 4 is 9.84 Å². The highest BCUT2D eigenvalue weighted by molar-refractivity contribution is 7.91. The number of benzene rings is 1. The molecule has 1 fully saturated rings. The molecule has 0 amide bonds. The van der Waals surface area contributed by atoms with Gasteiger partial charge in [-0.1, -0.05) is 32.0 Å². The van der Waals surface area contributed by atoms with Gasteiger partial charge in [0, 0.05) is 18.5 Å². The van der Waals surface area contributed by atoms with Gasteiger partial charge in [0.2, 0.25) is 0 Å². The van der Waals surface area contributed by atoms with Crippen LogP contribution >= 0.6 is 0 Å². The average molecular weight is 279 g/mol. The van der Waals surface area contributed by atoms with Crippen molar-refractivity contribution in [3.63, 3.8) is 0 Å². The van der Waals surface area contributed by atoms with Crippen LogP contribution in [0.1, 0.15) is 38.2 Å². The number of rotatable bonds is 4. The Morgan fingerprint density at radius 3 is 2.63 bits per heavy atom. The van der Waals surface area contributed by atoms with Crippen LogP contribution in [0.15, 0.2) is 29.2 Å². The predicted molar refractivity (Wildman–Crippen MR) is 76.0 cm³/mol. The van der Waals surface area contributed by atoms with Gasteiger partial charge in [0.15, 0.2) is 9.84 Å². The zero-order valence-corrected chi connectivity index (χ0v) is 12.3. The van der Waals surface area contributed by atoms with E-state index in [0.29, 0.717) is 10.9 Å². The molecule has 1 aromatic rings. The summed E-state index contributed by atoms with van der Waals surface area (Å²) in [5.41, 5.74) is 0.965. The van der Waals surface area contributed by atoms with Crippen LogP contribution in [-0.4, -0.2) is 26.8 Å². The SMILES string of the molecule is CC(C)(CNC1CC1)C1CS(=O)(=O)c2ccccc21. The minimum Gasteiger partial charge on any atom is -0.313 e. The van der Waals surface area contributed by atoms with Crippen molar-refractivity contribution < 1.29 is 8.42 Å². The second-order valence-electron chi connectivity index (χ2n) is 6.52. The lowest BCUT2D eigenvalue weighted by Gasteiger charge is -2.32. The summed E-state index contributed by atoms with van der Waals surface area (Å²) in [6, 6.07) is 8.14. The summed E-state index contributed by atoms with van der Waals surface area (Å²) in [5.74, 6) is 0.353. The van der Waals surface area contributed by atoms with Crippen LogP contribution in [0.3, 0.4) is 0 Å². The molecule has 2 aliphatic rings. The number of hydrogen-bond acceptors (Lipinski definition) is 3. The van der Waals surface area contributed by atoms with Gasteiger partial charge in [0.05, 0.1) is 10.6 Å². The molecule has 1 unspecified atom stereocenters. The summed E-state index contributed by atoms with van der Waals surface area (Å²) in [4.78, 5) is 0.541. The van der Waals surface area contributed by atoms with Crippen molar-refractivity contribution in [2.75, 3.05) is 12.3 Å². The topological polar surface area (TPSA) is 46.2 Å². The van der Waals surface area contributed by atoms with E-state index in [0.717, 1.165) is 12.1 Å². The lowest BCUT2D eigenvalue weighted by Crippen LogP contribution is -2.36. The Kier molecular flexibility index (Phi) is 2.98. The van der Waals surface area contributed by atoms with Crippen molar-refractivity contribution in [2.24, 2.45) is 5.41 Å². The fourth-order valence-electron chi connectivity index (χ4n) is 2.92. The number of hydrogen-bond donors (Lipinski definition) is 1. The predicted octanol–water partition coefficient (Wildman–Crippen LogP) is 2.34. The van der Waals surface area contributed by atoms with Crippen LogP contribution in [0, 0.1) is 5.41 Å². The normalized spacial score (nSPS) is 25.3. The summed E-state index contributed by atoms with van der Waals surface area (Å²) in [7, 11) is -3.09. The second-order valence-corrected chi connectivity index (χ2v) is 8.52. The molecule has 1 saturated carbocycles. The third kappa shape index (κ3) is 2.43. The Balaban J connectivity index is 1.89. The lowest BCUT2D eigenvalue weighted by molar-refractivity contribution is 0.286. The van der Waals surface area contributed by atoms with Gasteiger partial charge in [0.1, 0.15) is 0 Å². The molecule has 1 aliphatic heterocycles. The molecule has 0 saturated heterocycles. The van der Waals surface area contributed by atoms with Gasteiger partial charge in [-0.2, -0.15) is 0 Å². The molecule has 0 radical (unpaired) electrons. The molecule has 0 aromatic heterocycles. The monoisotopic (exact) mass is 279 g/mol. The molecule has 3 nitrogen and oxygen atoms in total. The molecule has 1 aromatic carbocycles. The van der Waals surface area contributed by atoms with Gasteiger partial charge in [0.25, 0.3) is 0 Å². The van der Waals surface area contributed by atoms with Crippen LogP contribution in [0.4, 0.5) is 0 Å². The Morgan fingerprint density at radius 1 is 1.26 bits per heavy atom. The maximum atomic E-state index is 12.2. The Hall–Kier alpha value is -0.870. The maximum absolute atomic E-state index is 12.2. The summed E-state index contributed by atoms with van der Waals surface area (Å²) >= 11 is 0. The van der Waals surface area contributed by atoms with Crippen LogP contribution < -0.4 is 5.32 Å². The van der Waals surface area contributed by atoms with Crippen molar-refractivity contribution in [2.45, 2.75) is 43.5 Å². The molecule has 1 N–H and O–H groups in total. The second kappa shape index (κ2) is 4.32. The third-order valence-electron chi connectivity index (χ3n) is 4.38. The van der Waals surface area contributed by atoms with Gasteiger partial charge in [-0.25, -0.2) is 8.42 Å². The van der Waals surface area contributed by atoms with Gasteiger partial charge < -0.3 is 5.32 Å². The highest BCUT2D eigenvalue weighted by Gasteiger charge is 2.43. The molecule has 4 heteroatoms. The summed E-state index contributed by atoms with van der Waals surface area (Å²) in [6.45, 7) is 5.22. The first-order valence-electron chi connectivity index (χ1n) is 6.95. The molecule has 1 aliphatic carbocycles. The Morgan fingerprint density at radius 2 is 1.95 bits per heavy atom. The fourth-order valence-corrected chi connectivity index (χ4v) is 5.02. The molecule has 0 bridgehead atoms. The van der Waals surface area contributed by atoms with Crippen LogP contribution in [-0.2, 0) is 9.84 Å². The zero-order chi connectivity index (χ0) is 13.7. The molecule has 1 atom stereocenters. The number of sulfone groups is 1. The molecule has 1 heterocycles. The van der Waals surface area contributed by atoms with Crippen molar-refractivity contribution in [3.8, 4) is 0 Å². The third-order valence-corrected chi connectivity index (χ3v) is 6.20. The summed E-state index contributed by atoms with van der Waals surface area (Å²) < 4.78 is 24.5. The highest BCUT2D eigenvalue weighted by atomic mass is 32.2. The van der Waals surface area contributed by atoms with E-state index in [4.69, 9.17) is 0 Å². The summed E-state index contributed by atoms with van der Waals surface area (Å²) in [6.07, 6.45) is 2.52. The zero-order valence-electron chi connectivity index (χ0n) is 11.5. The smallest absolute Gasteiger partial charge is 0.179 e. The van der Waals surface area contributed by atoms with E-state index in [1.165, 1.54) is 12.8 Å². The van der Waals surface area contributed by atoms with Crippen molar-refractivity contribution in [1.29, 1.82) is 0 Å². The molecule has 19 heavy (non-hydrogen) atoms. The van der Waals surface area contributed by atoms with Gasteiger partial charge in [-0.15, -0.1) is 0 Å². The van der Waals surface area contributed by atoms with Crippen LogP contribution in [0.2, 0.25) is 0 Å². The molecule has 0 spiro atoms. The number of fused-ring (bicyclic) bond motifs is 1. The van der Waals surface area contributed by atoms with E-state index in [9.17, 15) is 8.42 Å². The van der Waals surface area contributed by atoms with Gasteiger partial charge in [-0.3, -0.25) is 0 Å². The molecular formula is C15H21NO2S. The highest BCUT2D eigenvalue weighted by Crippen LogP contribution is 2.45. The standard InChI is InChI=1S/C15H21NO2S/c1-15(2,10-16-11-7-8-11)13-9-19(17,18)14-6-4-3-5-12(13)14/h3-6,11,13,16H,7-10H2,1-2H3. The minimum atomic E-state index is -3.09. The molecule has 104 valence electrons. The average Bonchev–Trinajstić information content (AvgIpc) is 3.14.